The first-order valence-electron chi connectivity index (χ1n) is 4.88. The number of hydrogen-bond donors (Lipinski definition) is 1. The van der Waals surface area contributed by atoms with Crippen LogP contribution in [0.4, 0.5) is 4.39 Å². The SMILES string of the molecule is CNC(=O)C(C)Oc1ccc(S(=O)(=O)Cl)cc1F. The molecule has 0 heterocycles. The third-order valence-corrected chi connectivity index (χ3v) is 3.46. The minimum atomic E-state index is -3.99. The van der Waals surface area contributed by atoms with Gasteiger partial charge in [0.2, 0.25) is 0 Å². The van der Waals surface area contributed by atoms with Crippen LogP contribution in [0.5, 0.6) is 5.75 Å². The summed E-state index contributed by atoms with van der Waals surface area (Å²) in [6, 6.07) is 2.93. The molecular weight excluding hydrogens is 285 g/mol. The van der Waals surface area contributed by atoms with Crippen molar-refractivity contribution in [2.24, 2.45) is 0 Å². The maximum absolute atomic E-state index is 13.5. The molecule has 1 aromatic rings. The summed E-state index contributed by atoms with van der Waals surface area (Å²) in [5, 5.41) is 2.34. The molecule has 0 aromatic heterocycles. The lowest BCUT2D eigenvalue weighted by molar-refractivity contribution is -0.126. The molecule has 1 unspecified atom stereocenters. The first-order valence-corrected chi connectivity index (χ1v) is 7.19. The molecule has 1 amide bonds. The number of ether oxygens (including phenoxy) is 1. The first-order chi connectivity index (χ1) is 8.25. The standard InChI is InChI=1S/C10H11ClFNO4S/c1-6(10(14)13-2)17-9-4-3-7(5-8(9)12)18(11,15)16/h3-6H,1-2H3,(H,13,14). The molecule has 0 aliphatic rings. The van der Waals surface area contributed by atoms with E-state index in [-0.39, 0.29) is 10.6 Å². The van der Waals surface area contributed by atoms with Gasteiger partial charge >= 0.3 is 0 Å². The van der Waals surface area contributed by atoms with E-state index in [2.05, 4.69) is 5.32 Å². The minimum Gasteiger partial charge on any atom is -0.478 e. The normalized spacial score (nSPS) is 12.9. The number of halogens is 2. The Bertz CT molecular complexity index is 561. The summed E-state index contributed by atoms with van der Waals surface area (Å²) in [5.74, 6) is -1.56. The Hall–Kier alpha value is -1.34. The Kier molecular flexibility index (Phi) is 4.53. The highest BCUT2D eigenvalue weighted by Gasteiger charge is 2.17. The molecule has 0 aliphatic heterocycles. The zero-order valence-electron chi connectivity index (χ0n) is 9.61. The lowest BCUT2D eigenvalue weighted by atomic mass is 10.3. The van der Waals surface area contributed by atoms with Gasteiger partial charge in [-0.1, -0.05) is 0 Å². The fourth-order valence-electron chi connectivity index (χ4n) is 1.18. The van der Waals surface area contributed by atoms with Crippen molar-refractivity contribution >= 4 is 25.6 Å². The highest BCUT2D eigenvalue weighted by atomic mass is 35.7. The van der Waals surface area contributed by atoms with Crippen molar-refractivity contribution in [3.05, 3.63) is 24.0 Å². The van der Waals surface area contributed by atoms with Crippen molar-refractivity contribution in [1.82, 2.24) is 5.32 Å². The molecule has 0 spiro atoms. The maximum Gasteiger partial charge on any atom is 0.261 e. The summed E-state index contributed by atoms with van der Waals surface area (Å²) in [5.41, 5.74) is 0. The topological polar surface area (TPSA) is 72.5 Å². The summed E-state index contributed by atoms with van der Waals surface area (Å²) in [6.07, 6.45) is -0.900. The van der Waals surface area contributed by atoms with Gasteiger partial charge in [-0.3, -0.25) is 4.79 Å². The van der Waals surface area contributed by atoms with Crippen LogP contribution in [0, 0.1) is 5.82 Å². The number of amides is 1. The molecular formula is C10H11ClFNO4S. The molecule has 0 saturated carbocycles. The van der Waals surface area contributed by atoms with Crippen LogP contribution in [0.25, 0.3) is 0 Å². The Morgan fingerprint density at radius 3 is 2.56 bits per heavy atom. The van der Waals surface area contributed by atoms with Crippen LogP contribution in [-0.2, 0) is 13.8 Å². The molecule has 0 fully saturated rings. The van der Waals surface area contributed by atoms with Gasteiger partial charge in [-0.2, -0.15) is 0 Å². The van der Waals surface area contributed by atoms with Crippen molar-refractivity contribution in [2.45, 2.75) is 17.9 Å². The van der Waals surface area contributed by atoms with Crippen molar-refractivity contribution < 1.29 is 22.3 Å². The van der Waals surface area contributed by atoms with Gasteiger partial charge in [-0.15, -0.1) is 0 Å². The van der Waals surface area contributed by atoms with Gasteiger partial charge in [0.05, 0.1) is 4.90 Å². The Morgan fingerprint density at radius 2 is 2.11 bits per heavy atom. The van der Waals surface area contributed by atoms with Crippen LogP contribution in [0.15, 0.2) is 23.1 Å². The molecule has 1 rings (SSSR count). The van der Waals surface area contributed by atoms with Crippen LogP contribution >= 0.6 is 10.7 Å². The van der Waals surface area contributed by atoms with Gasteiger partial charge < -0.3 is 10.1 Å². The van der Waals surface area contributed by atoms with Crippen LogP contribution in [0.1, 0.15) is 6.92 Å². The van der Waals surface area contributed by atoms with Crippen LogP contribution < -0.4 is 10.1 Å². The number of hydrogen-bond acceptors (Lipinski definition) is 4. The van der Waals surface area contributed by atoms with Crippen molar-refractivity contribution in [3.63, 3.8) is 0 Å². The number of carbonyl (C=O) groups is 1. The molecule has 1 atom stereocenters. The number of rotatable bonds is 4. The van der Waals surface area contributed by atoms with Gasteiger partial charge in [-0.25, -0.2) is 12.8 Å². The van der Waals surface area contributed by atoms with Gasteiger partial charge in [0.25, 0.3) is 15.0 Å². The average Bonchev–Trinajstić information content (AvgIpc) is 2.29. The highest BCUT2D eigenvalue weighted by molar-refractivity contribution is 8.13. The minimum absolute atomic E-state index is 0.227. The van der Waals surface area contributed by atoms with Crippen molar-refractivity contribution in [2.75, 3.05) is 7.05 Å². The van der Waals surface area contributed by atoms with E-state index in [9.17, 15) is 17.6 Å². The second kappa shape index (κ2) is 5.53. The third-order valence-electron chi connectivity index (χ3n) is 2.10. The van der Waals surface area contributed by atoms with Gasteiger partial charge in [0.15, 0.2) is 17.7 Å². The fraction of sp³-hybridized carbons (Fsp3) is 0.300. The molecule has 18 heavy (non-hydrogen) atoms. The van der Waals surface area contributed by atoms with E-state index in [1.807, 2.05) is 0 Å². The Labute approximate surface area is 108 Å². The predicted octanol–water partition coefficient (Wildman–Crippen LogP) is 1.27. The summed E-state index contributed by atoms with van der Waals surface area (Å²) in [6.45, 7) is 1.43. The van der Waals surface area contributed by atoms with Gasteiger partial charge in [0, 0.05) is 17.7 Å². The maximum atomic E-state index is 13.5. The molecule has 0 radical (unpaired) electrons. The van der Waals surface area contributed by atoms with E-state index >= 15 is 0 Å². The molecule has 0 saturated heterocycles. The van der Waals surface area contributed by atoms with E-state index in [0.717, 1.165) is 18.2 Å². The van der Waals surface area contributed by atoms with Crippen LogP contribution in [0.3, 0.4) is 0 Å². The van der Waals surface area contributed by atoms with Crippen LogP contribution in [-0.4, -0.2) is 27.5 Å². The Balaban J connectivity index is 2.97. The van der Waals surface area contributed by atoms with E-state index in [0.29, 0.717) is 0 Å². The average molecular weight is 296 g/mol. The second-order valence-electron chi connectivity index (χ2n) is 3.40. The third kappa shape index (κ3) is 3.58. The monoisotopic (exact) mass is 295 g/mol. The van der Waals surface area contributed by atoms with E-state index < -0.39 is 26.9 Å². The summed E-state index contributed by atoms with van der Waals surface area (Å²) < 4.78 is 40.5. The smallest absolute Gasteiger partial charge is 0.261 e. The molecule has 5 nitrogen and oxygen atoms in total. The first kappa shape index (κ1) is 14.7. The zero-order valence-corrected chi connectivity index (χ0v) is 11.2. The lowest BCUT2D eigenvalue weighted by Gasteiger charge is -2.13. The quantitative estimate of drug-likeness (QED) is 0.849. The van der Waals surface area contributed by atoms with E-state index in [1.54, 1.807) is 0 Å². The van der Waals surface area contributed by atoms with E-state index in [4.69, 9.17) is 15.4 Å². The largest absolute Gasteiger partial charge is 0.478 e. The number of likely N-dealkylation sites (N-methyl/N-ethyl adjacent to an activating group) is 1. The van der Waals surface area contributed by atoms with Crippen molar-refractivity contribution in [1.29, 1.82) is 0 Å². The predicted molar refractivity (Wildman–Crippen MR) is 63.6 cm³/mol. The molecule has 0 bridgehead atoms. The van der Waals surface area contributed by atoms with E-state index in [1.165, 1.54) is 14.0 Å². The fourth-order valence-corrected chi connectivity index (χ4v) is 1.94. The molecule has 100 valence electrons. The molecule has 1 N–H and O–H groups in total. The van der Waals surface area contributed by atoms with Gasteiger partial charge in [0.1, 0.15) is 0 Å². The number of carbonyl (C=O) groups excluding carboxylic acids is 1. The lowest BCUT2D eigenvalue weighted by Crippen LogP contribution is -2.33. The molecule has 1 aromatic carbocycles. The molecule has 8 heteroatoms. The molecule has 0 aliphatic carbocycles. The summed E-state index contributed by atoms with van der Waals surface area (Å²) >= 11 is 0. The number of nitrogens with one attached hydrogen (secondary N) is 1. The number of benzene rings is 1. The highest BCUT2D eigenvalue weighted by Crippen LogP contribution is 2.23. The van der Waals surface area contributed by atoms with Crippen LogP contribution in [0.2, 0.25) is 0 Å². The Morgan fingerprint density at radius 1 is 1.50 bits per heavy atom. The zero-order chi connectivity index (χ0) is 13.9. The second-order valence-corrected chi connectivity index (χ2v) is 5.97. The van der Waals surface area contributed by atoms with Crippen molar-refractivity contribution in [3.8, 4) is 5.75 Å². The summed E-state index contributed by atoms with van der Waals surface area (Å²) in [4.78, 5) is 10.8. The summed E-state index contributed by atoms with van der Waals surface area (Å²) in [7, 11) is 2.49. The van der Waals surface area contributed by atoms with Gasteiger partial charge in [-0.05, 0) is 25.1 Å².